The van der Waals surface area contributed by atoms with Crippen molar-refractivity contribution in [2.75, 3.05) is 36.2 Å². The van der Waals surface area contributed by atoms with Crippen LogP contribution in [0.1, 0.15) is 93.7 Å². The van der Waals surface area contributed by atoms with Gasteiger partial charge in [-0.1, -0.05) is 12.1 Å². The Hall–Kier alpha value is -6.35. The van der Waals surface area contributed by atoms with E-state index in [2.05, 4.69) is 25.5 Å². The average molecular weight is 1130 g/mol. The Balaban J connectivity index is 0.000000226. The van der Waals surface area contributed by atoms with Crippen LogP contribution in [-0.2, 0) is 59.1 Å². The number of nitrogens with zero attached hydrogens (tertiary/aromatic N) is 10. The molecule has 0 saturated heterocycles. The molecular weight excluding hydrogens is 1090 g/mol. The Labute approximate surface area is 418 Å². The number of anilines is 2. The number of sulfonamides is 2. The molecule has 0 saturated carbocycles. The van der Waals surface area contributed by atoms with E-state index in [4.69, 9.17) is 10.8 Å². The first-order valence-corrected chi connectivity index (χ1v) is 24.4. The molecule has 0 unspecified atom stereocenters. The lowest BCUT2D eigenvalue weighted by Crippen LogP contribution is -2.46. The van der Waals surface area contributed by atoms with Crippen LogP contribution in [0.4, 0.5) is 64.1 Å². The van der Waals surface area contributed by atoms with Gasteiger partial charge >= 0.3 is 37.0 Å². The normalized spacial score (nSPS) is 15.9. The Morgan fingerprint density at radius 2 is 1.07 bits per heavy atom. The number of amides is 1. The molecule has 408 valence electrons. The summed E-state index contributed by atoms with van der Waals surface area (Å²) in [4.78, 5) is 31.2. The molecule has 0 bridgehead atoms. The molecule has 4 N–H and O–H groups in total. The van der Waals surface area contributed by atoms with Crippen molar-refractivity contribution in [3.63, 3.8) is 0 Å². The largest absolute Gasteiger partial charge is 0.516 e. The molecule has 4 aliphatic heterocycles. The number of fused-ring (bicyclic) bond motifs is 2. The van der Waals surface area contributed by atoms with Crippen LogP contribution in [0.2, 0.25) is 0 Å². The monoisotopic (exact) mass is 1130 g/mol. The topological polar surface area (TPSA) is 234 Å². The highest BCUT2D eigenvalue weighted by Gasteiger charge is 2.51. The smallest absolute Gasteiger partial charge is 0.477 e. The van der Waals surface area contributed by atoms with Gasteiger partial charge in [0.1, 0.15) is 53.0 Å². The standard InChI is InChI=1S/C20H20F6N6O3S.C11H12F4N4O2S.C9H10F2N2O2.ClH/c21-13-9-12(4-5-14(13)32-8-7-30(11-28-32)36(34,35)20(24,25)26)10-27-19(33)17-16(18(22)23)29-15-3-1-2-6-31(15)17;12-9-5-8(6-16)1-2-10(9)19-4-3-18(7-17-19)22(20,21)11(13,14)15;10-8(11)6-7(9(14)15)13-4-2-1-3-5(13)12-6;/h4-5,9,11,18H,1-3,6-8,10H2,(H,27,33);1-2,5,7H,3-4,6,16H2;8H,1-4H2,(H,14,15);1H. The van der Waals surface area contributed by atoms with Crippen LogP contribution in [0.3, 0.4) is 0 Å². The van der Waals surface area contributed by atoms with Gasteiger partial charge in [0.2, 0.25) is 0 Å². The highest BCUT2D eigenvalue weighted by Crippen LogP contribution is 2.32. The molecule has 4 aromatic rings. The number of aryl methyl sites for hydroxylation is 2. The molecule has 0 aliphatic carbocycles. The molecule has 34 heteroatoms. The van der Waals surface area contributed by atoms with Crippen LogP contribution in [0.25, 0.3) is 0 Å². The van der Waals surface area contributed by atoms with E-state index in [0.717, 1.165) is 41.8 Å². The van der Waals surface area contributed by atoms with Crippen LogP contribution in [0.15, 0.2) is 46.6 Å². The van der Waals surface area contributed by atoms with Crippen molar-refractivity contribution in [3.8, 4) is 0 Å². The lowest BCUT2D eigenvalue weighted by Gasteiger charge is -2.29. The number of imidazole rings is 2. The van der Waals surface area contributed by atoms with E-state index in [1.54, 1.807) is 6.07 Å². The molecule has 19 nitrogen and oxygen atoms in total. The SMILES string of the molecule is Cl.NCc1ccc(N2CCN(S(=O)(=O)C(F)(F)F)C=N2)c(F)c1.O=C(NCc1ccc(N2CCN(S(=O)(=O)C(F)(F)F)C=N2)c(F)c1)c1c(C(F)F)nc2n1CCCC2.O=C(O)c1c(C(F)F)nc2n1CCCC2. The lowest BCUT2D eigenvalue weighted by atomic mass is 10.1. The number of aromatic nitrogens is 4. The minimum atomic E-state index is -5.60. The third-order valence-electron chi connectivity index (χ3n) is 11.2. The number of rotatable bonds is 11. The quantitative estimate of drug-likeness (QED) is 0.135. The second-order valence-electron chi connectivity index (χ2n) is 15.9. The molecular formula is C40H43ClF12N12O7S2. The number of nitrogens with two attached hydrogens (primary N) is 1. The third kappa shape index (κ3) is 12.8. The summed E-state index contributed by atoms with van der Waals surface area (Å²) >= 11 is 0. The molecule has 0 fully saturated rings. The van der Waals surface area contributed by atoms with Gasteiger partial charge in [0, 0.05) is 39.0 Å². The molecule has 2 aromatic heterocycles. The predicted molar refractivity (Wildman–Crippen MR) is 241 cm³/mol. The maximum Gasteiger partial charge on any atom is 0.516 e. The zero-order valence-corrected chi connectivity index (χ0v) is 40.3. The van der Waals surface area contributed by atoms with Gasteiger partial charge in [-0.05, 0) is 61.1 Å². The second-order valence-corrected chi connectivity index (χ2v) is 19.7. The Morgan fingerprint density at radius 3 is 1.45 bits per heavy atom. The molecule has 0 radical (unpaired) electrons. The number of alkyl halides is 10. The molecule has 4 aliphatic rings. The van der Waals surface area contributed by atoms with E-state index in [0.29, 0.717) is 55.8 Å². The number of hydrazone groups is 2. The van der Waals surface area contributed by atoms with Crippen LogP contribution in [0, 0.1) is 11.6 Å². The summed E-state index contributed by atoms with van der Waals surface area (Å²) in [5.41, 5.74) is -6.59. The van der Waals surface area contributed by atoms with Crippen molar-refractivity contribution in [1.82, 2.24) is 33.0 Å². The summed E-state index contributed by atoms with van der Waals surface area (Å²) in [6.45, 7) is -0.867. The van der Waals surface area contributed by atoms with Gasteiger partial charge in [-0.3, -0.25) is 14.8 Å². The zero-order valence-electron chi connectivity index (χ0n) is 37.9. The molecule has 1 amide bonds. The first kappa shape index (κ1) is 58.5. The zero-order chi connectivity index (χ0) is 53.8. The summed E-state index contributed by atoms with van der Waals surface area (Å²) in [6, 6.07) is 7.82. The van der Waals surface area contributed by atoms with Crippen molar-refractivity contribution in [3.05, 3.63) is 93.6 Å². The summed E-state index contributed by atoms with van der Waals surface area (Å²) < 4.78 is 204. The fraction of sp³-hybridized carbons (Fsp3) is 0.450. The highest BCUT2D eigenvalue weighted by molar-refractivity contribution is 7.90. The Kier molecular flexibility index (Phi) is 18.6. The Bertz CT molecular complexity index is 2980. The molecule has 2 aromatic carbocycles. The number of benzene rings is 2. The second kappa shape index (κ2) is 23.5. The van der Waals surface area contributed by atoms with E-state index in [-0.39, 0.29) is 75.5 Å². The minimum Gasteiger partial charge on any atom is -0.477 e. The van der Waals surface area contributed by atoms with Crippen LogP contribution < -0.4 is 21.1 Å². The maximum absolute atomic E-state index is 14.7. The Morgan fingerprint density at radius 1 is 0.649 bits per heavy atom. The fourth-order valence-electron chi connectivity index (χ4n) is 7.65. The first-order valence-electron chi connectivity index (χ1n) is 21.5. The number of aromatic carboxylic acids is 1. The number of hydrogen-bond acceptors (Lipinski definition) is 13. The number of hydrogen-bond donors (Lipinski definition) is 3. The van der Waals surface area contributed by atoms with E-state index >= 15 is 0 Å². The molecule has 74 heavy (non-hydrogen) atoms. The summed E-state index contributed by atoms with van der Waals surface area (Å²) in [5.74, 6) is -2.70. The van der Waals surface area contributed by atoms with Gasteiger partial charge in [0.05, 0.1) is 37.6 Å². The average Bonchev–Trinajstić information content (AvgIpc) is 3.94. The van der Waals surface area contributed by atoms with Crippen LogP contribution in [-0.4, -0.2) is 111 Å². The number of carbonyl (C=O) groups is 2. The molecule has 0 spiro atoms. The van der Waals surface area contributed by atoms with E-state index in [1.807, 2.05) is 0 Å². The van der Waals surface area contributed by atoms with Gasteiger partial charge < -0.3 is 25.3 Å². The van der Waals surface area contributed by atoms with Crippen molar-refractivity contribution in [2.45, 2.75) is 88.6 Å². The van der Waals surface area contributed by atoms with Gasteiger partial charge in [-0.2, -0.15) is 53.4 Å². The number of carboxylic acids is 1. The predicted octanol–water partition coefficient (Wildman–Crippen LogP) is 6.62. The van der Waals surface area contributed by atoms with Gasteiger partial charge in [0.25, 0.3) is 18.8 Å². The van der Waals surface area contributed by atoms with Crippen LogP contribution >= 0.6 is 12.4 Å². The van der Waals surface area contributed by atoms with E-state index in [1.165, 1.54) is 33.4 Å². The number of carboxylic acid groups (broad SMARTS) is 1. The maximum atomic E-state index is 14.7. The number of carbonyl (C=O) groups excluding carboxylic acids is 1. The summed E-state index contributed by atoms with van der Waals surface area (Å²) in [7, 11) is -11.1. The van der Waals surface area contributed by atoms with Crippen molar-refractivity contribution in [1.29, 1.82) is 0 Å². The number of nitrogens with one attached hydrogen (secondary N) is 1. The van der Waals surface area contributed by atoms with Crippen molar-refractivity contribution < 1.29 is 84.2 Å². The minimum absolute atomic E-state index is 0. The van der Waals surface area contributed by atoms with Gasteiger partial charge in [-0.15, -0.1) is 12.4 Å². The molecule has 0 atom stereocenters. The van der Waals surface area contributed by atoms with Crippen molar-refractivity contribution >= 4 is 68.4 Å². The first-order chi connectivity index (χ1) is 34.2. The van der Waals surface area contributed by atoms with Gasteiger partial charge in [0.15, 0.2) is 5.69 Å². The van der Waals surface area contributed by atoms with E-state index in [9.17, 15) is 79.1 Å². The number of halogens is 13. The fourth-order valence-corrected chi connectivity index (χ4v) is 9.16. The third-order valence-corrected chi connectivity index (χ3v) is 14.2. The summed E-state index contributed by atoms with van der Waals surface area (Å²) in [5, 5.41) is 20.6. The van der Waals surface area contributed by atoms with Gasteiger partial charge in [-0.25, -0.2) is 49.7 Å². The van der Waals surface area contributed by atoms with E-state index < -0.39 is 91.9 Å². The van der Waals surface area contributed by atoms with Crippen molar-refractivity contribution in [2.24, 2.45) is 15.9 Å². The molecule has 6 heterocycles. The lowest BCUT2D eigenvalue weighted by molar-refractivity contribution is -0.0477. The van der Waals surface area contributed by atoms with Crippen LogP contribution in [0.5, 0.6) is 0 Å². The summed E-state index contributed by atoms with van der Waals surface area (Å²) in [6.07, 6.45) is -0.546. The molecule has 8 rings (SSSR count). The highest BCUT2D eigenvalue weighted by atomic mass is 35.5.